The Hall–Kier alpha value is -2.70. The molecular weight excluding hydrogens is 520 g/mol. The van der Waals surface area contributed by atoms with Gasteiger partial charge in [0.15, 0.2) is 0 Å². The molecule has 2 aromatic carbocycles. The molecule has 0 saturated heterocycles. The molecule has 2 amide bonds. The normalized spacial score (nSPS) is 23.3. The van der Waals surface area contributed by atoms with Crippen LogP contribution in [0.3, 0.4) is 0 Å². The molecular formula is C36H54N4O2. The van der Waals surface area contributed by atoms with Crippen molar-refractivity contribution in [3.8, 4) is 0 Å². The molecule has 6 heteroatoms. The van der Waals surface area contributed by atoms with Crippen LogP contribution < -0.4 is 16.0 Å². The van der Waals surface area contributed by atoms with Crippen molar-refractivity contribution in [1.82, 2.24) is 20.9 Å². The minimum absolute atomic E-state index is 0.00481. The number of nitrogens with zero attached hydrogens (tertiary/aromatic N) is 1. The fourth-order valence-corrected chi connectivity index (χ4v) is 6.58. The number of hydrogen-bond acceptors (Lipinski definition) is 4. The van der Waals surface area contributed by atoms with Crippen molar-refractivity contribution in [2.45, 2.75) is 124 Å². The van der Waals surface area contributed by atoms with Gasteiger partial charge in [-0.25, -0.2) is 0 Å². The molecule has 1 heterocycles. The SMILES string of the molecule is CCC(C)c1ccc2c(c1)CN(C(=O)[C@@H](NC(C)[C@H](C)NC)C(C)(C)C)[C@H](C(=O)N[C@@H]1CC(C)Cc3ccccc31)C2. The van der Waals surface area contributed by atoms with E-state index < -0.39 is 12.1 Å². The molecule has 230 valence electrons. The zero-order chi connectivity index (χ0) is 30.8. The van der Waals surface area contributed by atoms with E-state index in [1.54, 1.807) is 0 Å². The van der Waals surface area contributed by atoms with Gasteiger partial charge in [-0.2, -0.15) is 0 Å². The third-order valence-corrected chi connectivity index (χ3v) is 9.83. The Morgan fingerprint density at radius 3 is 2.36 bits per heavy atom. The lowest BCUT2D eigenvalue weighted by molar-refractivity contribution is -0.146. The summed E-state index contributed by atoms with van der Waals surface area (Å²) < 4.78 is 0. The number of fused-ring (bicyclic) bond motifs is 2. The average Bonchev–Trinajstić information content (AvgIpc) is 2.96. The zero-order valence-electron chi connectivity index (χ0n) is 27.4. The summed E-state index contributed by atoms with van der Waals surface area (Å²) in [6, 6.07) is 14.3. The number of amides is 2. The second-order valence-corrected chi connectivity index (χ2v) is 14.2. The topological polar surface area (TPSA) is 73.5 Å². The maximum atomic E-state index is 14.6. The van der Waals surface area contributed by atoms with Crippen LogP contribution in [0.4, 0.5) is 0 Å². The summed E-state index contributed by atoms with van der Waals surface area (Å²) in [6.07, 6.45) is 3.52. The molecule has 1 aliphatic carbocycles. The average molecular weight is 575 g/mol. The summed E-state index contributed by atoms with van der Waals surface area (Å²) in [5, 5.41) is 10.4. The first kappa shape index (κ1) is 32.2. The van der Waals surface area contributed by atoms with Crippen LogP contribution in [0.2, 0.25) is 0 Å². The van der Waals surface area contributed by atoms with E-state index in [-0.39, 0.29) is 35.4 Å². The second kappa shape index (κ2) is 13.3. The number of benzene rings is 2. The fourth-order valence-electron chi connectivity index (χ4n) is 6.58. The van der Waals surface area contributed by atoms with Crippen LogP contribution >= 0.6 is 0 Å². The van der Waals surface area contributed by atoms with Gasteiger partial charge in [0.25, 0.3) is 0 Å². The predicted molar refractivity (Wildman–Crippen MR) is 172 cm³/mol. The van der Waals surface area contributed by atoms with E-state index in [0.717, 1.165) is 24.8 Å². The van der Waals surface area contributed by atoms with Crippen LogP contribution in [0.25, 0.3) is 0 Å². The van der Waals surface area contributed by atoms with Crippen LogP contribution in [0.15, 0.2) is 42.5 Å². The van der Waals surface area contributed by atoms with Crippen LogP contribution in [-0.4, -0.2) is 47.9 Å². The van der Waals surface area contributed by atoms with Crippen LogP contribution in [0.5, 0.6) is 0 Å². The summed E-state index contributed by atoms with van der Waals surface area (Å²) >= 11 is 0. The number of carbonyl (C=O) groups excluding carboxylic acids is 2. The van der Waals surface area contributed by atoms with Crippen molar-refractivity contribution in [1.29, 1.82) is 0 Å². The Labute approximate surface area is 254 Å². The summed E-state index contributed by atoms with van der Waals surface area (Å²) in [5.41, 5.74) is 5.80. The summed E-state index contributed by atoms with van der Waals surface area (Å²) in [7, 11) is 1.94. The first-order valence-electron chi connectivity index (χ1n) is 16.1. The molecule has 3 unspecified atom stereocenters. The summed E-state index contributed by atoms with van der Waals surface area (Å²) in [6.45, 7) is 17.7. The molecule has 0 radical (unpaired) electrons. The molecule has 0 bridgehead atoms. The van der Waals surface area contributed by atoms with Gasteiger partial charge in [-0.3, -0.25) is 9.59 Å². The quantitative estimate of drug-likeness (QED) is 0.349. The van der Waals surface area contributed by atoms with Gasteiger partial charge in [0.2, 0.25) is 11.8 Å². The third kappa shape index (κ3) is 7.08. The molecule has 0 aromatic heterocycles. The van der Waals surface area contributed by atoms with Gasteiger partial charge in [0, 0.05) is 25.0 Å². The molecule has 2 aliphatic rings. The van der Waals surface area contributed by atoms with Crippen molar-refractivity contribution in [3.05, 3.63) is 70.3 Å². The van der Waals surface area contributed by atoms with Gasteiger partial charge < -0.3 is 20.9 Å². The lowest BCUT2D eigenvalue weighted by atomic mass is 9.81. The molecule has 42 heavy (non-hydrogen) atoms. The van der Waals surface area contributed by atoms with Gasteiger partial charge >= 0.3 is 0 Å². The van der Waals surface area contributed by atoms with E-state index in [1.807, 2.05) is 11.9 Å². The van der Waals surface area contributed by atoms with E-state index in [2.05, 4.69) is 114 Å². The summed E-state index contributed by atoms with van der Waals surface area (Å²) in [4.78, 5) is 30.7. The molecule has 6 nitrogen and oxygen atoms in total. The number of hydrogen-bond donors (Lipinski definition) is 3. The van der Waals surface area contributed by atoms with Gasteiger partial charge in [-0.1, -0.05) is 84.0 Å². The standard InChI is InChI=1S/C36H54N4O2/c1-10-23(3)26-15-16-27-20-32(34(41)39-31-18-22(2)17-28-13-11-12-14-30(28)31)40(21-29(27)19-26)35(42)33(36(6,7)8)38-25(5)24(4)37-9/h11-16,19,22-25,31-33,37-38H,10,17-18,20-21H2,1-9H3,(H,39,41)/t22?,23?,24-,25?,31+,32-,33+/m0/s1. The minimum Gasteiger partial charge on any atom is -0.347 e. The van der Waals surface area contributed by atoms with Crippen molar-refractivity contribution >= 4 is 11.8 Å². The molecule has 7 atom stereocenters. The van der Waals surface area contributed by atoms with E-state index >= 15 is 0 Å². The van der Waals surface area contributed by atoms with E-state index in [0.29, 0.717) is 24.8 Å². The Kier molecular flexibility index (Phi) is 10.2. The number of nitrogens with one attached hydrogen (secondary N) is 3. The Balaban J connectivity index is 1.69. The number of rotatable bonds is 9. The molecule has 0 fully saturated rings. The number of carbonyl (C=O) groups is 2. The second-order valence-electron chi connectivity index (χ2n) is 14.2. The van der Waals surface area contributed by atoms with E-state index in [9.17, 15) is 9.59 Å². The highest BCUT2D eigenvalue weighted by molar-refractivity contribution is 5.91. The first-order valence-corrected chi connectivity index (χ1v) is 16.1. The van der Waals surface area contributed by atoms with Crippen molar-refractivity contribution in [2.75, 3.05) is 7.05 Å². The summed E-state index contributed by atoms with van der Waals surface area (Å²) in [5.74, 6) is 0.869. The first-order chi connectivity index (χ1) is 19.8. The van der Waals surface area contributed by atoms with Gasteiger partial charge in [0.1, 0.15) is 6.04 Å². The largest absolute Gasteiger partial charge is 0.347 e. The minimum atomic E-state index is -0.562. The smallest absolute Gasteiger partial charge is 0.243 e. The fraction of sp³-hybridized carbons (Fsp3) is 0.611. The van der Waals surface area contributed by atoms with Crippen LogP contribution in [0, 0.1) is 11.3 Å². The van der Waals surface area contributed by atoms with Crippen molar-refractivity contribution in [2.24, 2.45) is 11.3 Å². The monoisotopic (exact) mass is 574 g/mol. The Bertz CT molecular complexity index is 1250. The van der Waals surface area contributed by atoms with Crippen molar-refractivity contribution in [3.63, 3.8) is 0 Å². The Morgan fingerprint density at radius 1 is 0.976 bits per heavy atom. The van der Waals surface area contributed by atoms with E-state index in [1.165, 1.54) is 22.3 Å². The molecule has 0 spiro atoms. The van der Waals surface area contributed by atoms with Crippen LogP contribution in [0.1, 0.15) is 108 Å². The predicted octanol–water partition coefficient (Wildman–Crippen LogP) is 5.89. The molecule has 1 aliphatic heterocycles. The Morgan fingerprint density at radius 2 is 1.69 bits per heavy atom. The van der Waals surface area contributed by atoms with E-state index in [4.69, 9.17) is 0 Å². The number of likely N-dealkylation sites (N-methyl/N-ethyl adjacent to an activating group) is 1. The highest BCUT2D eigenvalue weighted by Crippen LogP contribution is 2.35. The third-order valence-electron chi connectivity index (χ3n) is 9.83. The zero-order valence-corrected chi connectivity index (χ0v) is 27.4. The molecule has 3 N–H and O–H groups in total. The maximum Gasteiger partial charge on any atom is 0.243 e. The lowest BCUT2D eigenvalue weighted by Gasteiger charge is -2.43. The molecule has 0 saturated carbocycles. The highest BCUT2D eigenvalue weighted by Gasteiger charge is 2.42. The molecule has 2 aromatic rings. The maximum absolute atomic E-state index is 14.6. The van der Waals surface area contributed by atoms with Gasteiger partial charge in [0.05, 0.1) is 12.1 Å². The van der Waals surface area contributed by atoms with Gasteiger partial charge in [-0.15, -0.1) is 0 Å². The lowest BCUT2D eigenvalue weighted by Crippen LogP contribution is -2.62. The highest BCUT2D eigenvalue weighted by atomic mass is 16.2. The van der Waals surface area contributed by atoms with Gasteiger partial charge in [-0.05, 0) is 85.2 Å². The van der Waals surface area contributed by atoms with Crippen LogP contribution in [-0.2, 0) is 29.0 Å². The molecule has 4 rings (SSSR count). The van der Waals surface area contributed by atoms with Crippen molar-refractivity contribution < 1.29 is 9.59 Å².